The fourth-order valence-electron chi connectivity index (χ4n) is 3.18. The molecule has 3 fully saturated rings. The van der Waals surface area contributed by atoms with Gasteiger partial charge in [0.05, 0.1) is 6.61 Å². The first-order valence-electron chi connectivity index (χ1n) is 7.72. The van der Waals surface area contributed by atoms with Gasteiger partial charge in [-0.2, -0.15) is 4.98 Å². The summed E-state index contributed by atoms with van der Waals surface area (Å²) in [4.78, 5) is 11.5. The van der Waals surface area contributed by atoms with Crippen molar-refractivity contribution in [2.75, 3.05) is 31.6 Å². The van der Waals surface area contributed by atoms with Gasteiger partial charge in [0.1, 0.15) is 0 Å². The van der Waals surface area contributed by atoms with Crippen LogP contribution in [0, 0.1) is 12.8 Å². The minimum absolute atomic E-state index is 0.485. The van der Waals surface area contributed by atoms with Crippen LogP contribution in [-0.2, 0) is 0 Å². The summed E-state index contributed by atoms with van der Waals surface area (Å²) >= 11 is 0. The van der Waals surface area contributed by atoms with E-state index in [2.05, 4.69) is 27.1 Å². The lowest BCUT2D eigenvalue weighted by Crippen LogP contribution is -2.53. The van der Waals surface area contributed by atoms with Crippen LogP contribution in [0.2, 0.25) is 0 Å². The zero-order chi connectivity index (χ0) is 13.9. The first-order valence-corrected chi connectivity index (χ1v) is 7.72. The molecule has 4 heterocycles. The van der Waals surface area contributed by atoms with Gasteiger partial charge < -0.3 is 15.0 Å². The SMILES string of the molecule is CCCOc1cc(C)nc(NC2CN3CCC2CC3)n1. The van der Waals surface area contributed by atoms with E-state index in [-0.39, 0.29) is 0 Å². The second kappa shape index (κ2) is 5.95. The largest absolute Gasteiger partial charge is 0.478 e. The molecule has 0 radical (unpaired) electrons. The molecule has 4 rings (SSSR count). The fraction of sp³-hybridized carbons (Fsp3) is 0.733. The predicted molar refractivity (Wildman–Crippen MR) is 79.1 cm³/mol. The molecule has 1 N–H and O–H groups in total. The van der Waals surface area contributed by atoms with E-state index in [1.165, 1.54) is 25.9 Å². The summed E-state index contributed by atoms with van der Waals surface area (Å²) < 4.78 is 5.63. The summed E-state index contributed by atoms with van der Waals surface area (Å²) in [5.74, 6) is 2.17. The average Bonchev–Trinajstić information content (AvgIpc) is 2.46. The smallest absolute Gasteiger partial charge is 0.226 e. The monoisotopic (exact) mass is 276 g/mol. The van der Waals surface area contributed by atoms with Crippen molar-refractivity contribution in [2.45, 2.75) is 39.2 Å². The lowest BCUT2D eigenvalue weighted by Gasteiger charge is -2.44. The number of fused-ring (bicyclic) bond motifs is 3. The molecule has 3 saturated heterocycles. The average molecular weight is 276 g/mol. The van der Waals surface area contributed by atoms with Crippen LogP contribution in [0.5, 0.6) is 5.88 Å². The van der Waals surface area contributed by atoms with Crippen molar-refractivity contribution >= 4 is 5.95 Å². The summed E-state index contributed by atoms with van der Waals surface area (Å²) in [7, 11) is 0. The molecule has 3 aliphatic heterocycles. The highest BCUT2D eigenvalue weighted by molar-refractivity contribution is 5.32. The van der Waals surface area contributed by atoms with Gasteiger partial charge in [-0.15, -0.1) is 0 Å². The van der Waals surface area contributed by atoms with Crippen molar-refractivity contribution in [1.82, 2.24) is 14.9 Å². The Labute approximate surface area is 120 Å². The number of rotatable bonds is 5. The maximum Gasteiger partial charge on any atom is 0.226 e. The summed E-state index contributed by atoms with van der Waals surface area (Å²) in [6.45, 7) is 8.41. The topological polar surface area (TPSA) is 50.3 Å². The third kappa shape index (κ3) is 3.03. The minimum Gasteiger partial charge on any atom is -0.478 e. The van der Waals surface area contributed by atoms with Crippen LogP contribution in [0.15, 0.2) is 6.07 Å². The number of anilines is 1. The summed E-state index contributed by atoms with van der Waals surface area (Å²) in [6, 6.07) is 2.38. The van der Waals surface area contributed by atoms with Crippen molar-refractivity contribution in [3.05, 3.63) is 11.8 Å². The maximum absolute atomic E-state index is 5.63. The number of ether oxygens (including phenoxy) is 1. The molecule has 3 aliphatic rings. The normalized spacial score (nSPS) is 28.4. The molecule has 1 aromatic heterocycles. The summed E-state index contributed by atoms with van der Waals surface area (Å²) in [5, 5.41) is 3.53. The van der Waals surface area contributed by atoms with E-state index in [0.29, 0.717) is 18.5 Å². The molecule has 0 saturated carbocycles. The number of hydrogen-bond acceptors (Lipinski definition) is 5. The standard InChI is InChI=1S/C15H24N4O/c1-3-8-20-14-9-11(2)16-15(18-14)17-13-10-19-6-4-12(13)5-7-19/h9,12-13H,3-8,10H2,1-2H3,(H,16,17,18). The number of nitrogens with zero attached hydrogens (tertiary/aromatic N) is 3. The molecular weight excluding hydrogens is 252 g/mol. The van der Waals surface area contributed by atoms with Crippen LogP contribution in [0.1, 0.15) is 31.9 Å². The van der Waals surface area contributed by atoms with Crippen LogP contribution in [0.3, 0.4) is 0 Å². The lowest BCUT2D eigenvalue weighted by molar-refractivity contribution is 0.0971. The minimum atomic E-state index is 0.485. The van der Waals surface area contributed by atoms with Crippen LogP contribution < -0.4 is 10.1 Å². The van der Waals surface area contributed by atoms with Gasteiger partial charge in [-0.05, 0) is 45.2 Å². The van der Waals surface area contributed by atoms with Crippen LogP contribution >= 0.6 is 0 Å². The van der Waals surface area contributed by atoms with Gasteiger partial charge in [0.25, 0.3) is 0 Å². The van der Waals surface area contributed by atoms with Crippen molar-refractivity contribution < 1.29 is 4.74 Å². The number of hydrogen-bond donors (Lipinski definition) is 1. The fourth-order valence-corrected chi connectivity index (χ4v) is 3.18. The Morgan fingerprint density at radius 3 is 2.80 bits per heavy atom. The number of piperidine rings is 3. The second-order valence-electron chi connectivity index (χ2n) is 5.91. The van der Waals surface area contributed by atoms with Gasteiger partial charge in [0, 0.05) is 24.3 Å². The zero-order valence-corrected chi connectivity index (χ0v) is 12.4. The number of aromatic nitrogens is 2. The highest BCUT2D eigenvalue weighted by Gasteiger charge is 2.34. The third-order valence-electron chi connectivity index (χ3n) is 4.26. The van der Waals surface area contributed by atoms with Gasteiger partial charge in [-0.1, -0.05) is 6.92 Å². The van der Waals surface area contributed by atoms with E-state index in [9.17, 15) is 0 Å². The van der Waals surface area contributed by atoms with Crippen molar-refractivity contribution in [3.8, 4) is 5.88 Å². The van der Waals surface area contributed by atoms with Gasteiger partial charge in [0.2, 0.25) is 11.8 Å². The Balaban J connectivity index is 1.68. The molecule has 0 aromatic carbocycles. The Hall–Kier alpha value is -1.36. The molecular formula is C15H24N4O. The molecule has 0 aliphatic carbocycles. The van der Waals surface area contributed by atoms with E-state index in [1.807, 2.05) is 13.0 Å². The molecule has 0 amide bonds. The van der Waals surface area contributed by atoms with E-state index >= 15 is 0 Å². The first-order chi connectivity index (χ1) is 9.74. The van der Waals surface area contributed by atoms with Crippen molar-refractivity contribution in [2.24, 2.45) is 5.92 Å². The summed E-state index contributed by atoms with van der Waals surface area (Å²) in [6.07, 6.45) is 3.58. The Morgan fingerprint density at radius 1 is 1.35 bits per heavy atom. The zero-order valence-electron chi connectivity index (χ0n) is 12.4. The van der Waals surface area contributed by atoms with E-state index < -0.39 is 0 Å². The third-order valence-corrected chi connectivity index (χ3v) is 4.26. The number of aryl methyl sites for hydroxylation is 1. The molecule has 5 nitrogen and oxygen atoms in total. The van der Waals surface area contributed by atoms with Crippen LogP contribution in [0.25, 0.3) is 0 Å². The molecule has 5 heteroatoms. The quantitative estimate of drug-likeness (QED) is 0.892. The van der Waals surface area contributed by atoms with Gasteiger partial charge in [0.15, 0.2) is 0 Å². The van der Waals surface area contributed by atoms with E-state index in [4.69, 9.17) is 4.74 Å². The van der Waals surface area contributed by atoms with E-state index in [0.717, 1.165) is 30.5 Å². The van der Waals surface area contributed by atoms with Gasteiger partial charge in [-0.3, -0.25) is 0 Å². The molecule has 110 valence electrons. The molecule has 1 aromatic rings. The molecule has 2 bridgehead atoms. The Kier molecular flexibility index (Phi) is 4.05. The first kappa shape index (κ1) is 13.6. The predicted octanol–water partition coefficient (Wildman–Crippen LogP) is 2.08. The maximum atomic E-state index is 5.63. The Morgan fingerprint density at radius 2 is 2.15 bits per heavy atom. The highest BCUT2D eigenvalue weighted by atomic mass is 16.5. The number of nitrogens with one attached hydrogen (secondary N) is 1. The van der Waals surface area contributed by atoms with Gasteiger partial charge >= 0.3 is 0 Å². The molecule has 1 atom stereocenters. The molecule has 1 unspecified atom stereocenters. The molecule has 0 spiro atoms. The van der Waals surface area contributed by atoms with Gasteiger partial charge in [-0.25, -0.2) is 4.98 Å². The van der Waals surface area contributed by atoms with Crippen molar-refractivity contribution in [1.29, 1.82) is 0 Å². The second-order valence-corrected chi connectivity index (χ2v) is 5.91. The van der Waals surface area contributed by atoms with Crippen LogP contribution in [0.4, 0.5) is 5.95 Å². The Bertz CT molecular complexity index is 457. The van der Waals surface area contributed by atoms with Crippen LogP contribution in [-0.4, -0.2) is 47.2 Å². The van der Waals surface area contributed by atoms with Crippen molar-refractivity contribution in [3.63, 3.8) is 0 Å². The lowest BCUT2D eigenvalue weighted by atomic mass is 9.84. The highest BCUT2D eigenvalue weighted by Crippen LogP contribution is 2.29. The van der Waals surface area contributed by atoms with E-state index in [1.54, 1.807) is 0 Å². The summed E-state index contributed by atoms with van der Waals surface area (Å²) in [5.41, 5.74) is 0.954. The molecule has 20 heavy (non-hydrogen) atoms.